The molecule has 0 aromatic heterocycles. The van der Waals surface area contributed by atoms with Gasteiger partial charge in [0.25, 0.3) is 0 Å². The summed E-state index contributed by atoms with van der Waals surface area (Å²) in [5.41, 5.74) is 4.51. The Labute approximate surface area is 166 Å². The Morgan fingerprint density at radius 2 is 1.32 bits per heavy atom. The third-order valence-electron chi connectivity index (χ3n) is 5.20. The normalized spacial score (nSPS) is 12.0. The Morgan fingerprint density at radius 1 is 0.760 bits per heavy atom. The molecule has 0 heterocycles. The summed E-state index contributed by atoms with van der Waals surface area (Å²) in [5.74, 6) is 1.04. The minimum Gasteiger partial charge on any atom is -0.0654 e. The molecule has 0 aliphatic carbocycles. The lowest BCUT2D eigenvalue weighted by molar-refractivity contribution is 0.795. The molecule has 3 rings (SSSR count). The van der Waals surface area contributed by atoms with Crippen LogP contribution in [-0.2, 0) is 6.42 Å². The highest BCUT2D eigenvalue weighted by Gasteiger charge is 2.18. The largest absolute Gasteiger partial charge is 0.0654 e. The van der Waals surface area contributed by atoms with Gasteiger partial charge in [0.2, 0.25) is 0 Å². The van der Waals surface area contributed by atoms with Crippen molar-refractivity contribution >= 4 is 44.1 Å². The molecule has 0 radical (unpaired) electrons. The molecule has 0 nitrogen and oxygen atoms in total. The van der Waals surface area contributed by atoms with Gasteiger partial charge in [-0.3, -0.25) is 0 Å². The molecule has 0 saturated heterocycles. The molecule has 0 unspecified atom stereocenters. The summed E-state index contributed by atoms with van der Waals surface area (Å²) in [7, 11) is 0. The van der Waals surface area contributed by atoms with Crippen molar-refractivity contribution in [3.63, 3.8) is 0 Å². The van der Waals surface area contributed by atoms with E-state index >= 15 is 0 Å². The smallest absolute Gasteiger partial charge is 0.0136 e. The Kier molecular flexibility index (Phi) is 5.72. The number of fused-ring (bicyclic) bond motifs is 2. The molecule has 0 aliphatic rings. The first-order valence-electron chi connectivity index (χ1n) is 9.61. The molecule has 0 bridgehead atoms. The molecule has 0 spiro atoms. The monoisotopic (exact) mass is 444 g/mol. The van der Waals surface area contributed by atoms with Crippen LogP contribution in [0.25, 0.3) is 21.5 Å². The van der Waals surface area contributed by atoms with E-state index < -0.39 is 0 Å². The zero-order valence-corrected chi connectivity index (χ0v) is 18.3. The third-order valence-corrected chi connectivity index (χ3v) is 5.87. The summed E-state index contributed by atoms with van der Waals surface area (Å²) in [4.78, 5) is 0. The minimum atomic E-state index is 0.519. The van der Waals surface area contributed by atoms with Crippen molar-refractivity contribution in [2.24, 2.45) is 0 Å². The fourth-order valence-electron chi connectivity index (χ4n) is 4.09. The molecule has 0 aliphatic heterocycles. The van der Waals surface area contributed by atoms with Gasteiger partial charge in [-0.15, -0.1) is 0 Å². The predicted octanol–water partition coefficient (Wildman–Crippen LogP) is 8.19. The summed E-state index contributed by atoms with van der Waals surface area (Å²) in [6.07, 6.45) is 3.71. The molecular weight excluding hydrogens is 415 g/mol. The number of unbranched alkanes of at least 4 members (excludes halogenated alkanes) is 1. The van der Waals surface area contributed by atoms with Crippen molar-refractivity contribution in [3.8, 4) is 0 Å². The fourth-order valence-corrected chi connectivity index (χ4v) is 4.59. The molecule has 3 aromatic carbocycles. The van der Waals surface area contributed by atoms with Gasteiger partial charge in [-0.1, -0.05) is 65.3 Å². The average molecular weight is 444 g/mol. The van der Waals surface area contributed by atoms with E-state index in [-0.39, 0.29) is 0 Å². The lowest BCUT2D eigenvalue weighted by Crippen LogP contribution is -2.00. The molecule has 0 atom stereocenters. The maximum atomic E-state index is 2.48. The molecule has 25 heavy (non-hydrogen) atoms. The number of aryl methyl sites for hydroxylation is 1. The second-order valence-corrected chi connectivity index (χ2v) is 9.06. The van der Waals surface area contributed by atoms with Crippen LogP contribution in [-0.4, -0.2) is 0 Å². The standard InChI is InChI=1S/C24H29I/c1-6-7-8-17-9-11-19-21(13-17)23(15(2)3)20-12-10-18(25)14-22(20)24(19)16(4)5/h9-16H,6-8H2,1-5H3. The summed E-state index contributed by atoms with van der Waals surface area (Å²) in [6, 6.07) is 14.2. The van der Waals surface area contributed by atoms with E-state index in [2.05, 4.69) is 93.6 Å². The van der Waals surface area contributed by atoms with E-state index in [0.29, 0.717) is 11.8 Å². The van der Waals surface area contributed by atoms with Gasteiger partial charge in [0.1, 0.15) is 0 Å². The third kappa shape index (κ3) is 3.58. The summed E-state index contributed by atoms with van der Waals surface area (Å²) >= 11 is 2.44. The second-order valence-electron chi connectivity index (χ2n) is 7.81. The van der Waals surface area contributed by atoms with Crippen LogP contribution in [0.2, 0.25) is 0 Å². The molecular formula is C24H29I. The highest BCUT2D eigenvalue weighted by Crippen LogP contribution is 2.40. The first kappa shape index (κ1) is 18.7. The molecule has 3 aromatic rings. The van der Waals surface area contributed by atoms with Gasteiger partial charge in [-0.2, -0.15) is 0 Å². The first-order valence-corrected chi connectivity index (χ1v) is 10.7. The number of halogens is 1. The Bertz CT molecular complexity index is 903. The van der Waals surface area contributed by atoms with E-state index in [4.69, 9.17) is 0 Å². The van der Waals surface area contributed by atoms with E-state index in [1.54, 1.807) is 0 Å². The summed E-state index contributed by atoms with van der Waals surface area (Å²) in [6.45, 7) is 11.6. The van der Waals surface area contributed by atoms with Crippen molar-refractivity contribution < 1.29 is 0 Å². The number of rotatable bonds is 5. The predicted molar refractivity (Wildman–Crippen MR) is 121 cm³/mol. The quantitative estimate of drug-likeness (QED) is 0.275. The molecule has 0 N–H and O–H groups in total. The van der Waals surface area contributed by atoms with E-state index in [9.17, 15) is 0 Å². The minimum absolute atomic E-state index is 0.519. The van der Waals surface area contributed by atoms with Gasteiger partial charge < -0.3 is 0 Å². The van der Waals surface area contributed by atoms with E-state index in [0.717, 1.165) is 0 Å². The Hall–Kier alpha value is -1.09. The summed E-state index contributed by atoms with van der Waals surface area (Å²) in [5, 5.41) is 5.81. The number of benzene rings is 3. The Balaban J connectivity index is 2.44. The second kappa shape index (κ2) is 7.65. The number of hydrogen-bond acceptors (Lipinski definition) is 0. The van der Waals surface area contributed by atoms with Crippen molar-refractivity contribution in [3.05, 3.63) is 56.7 Å². The molecule has 0 saturated carbocycles. The first-order chi connectivity index (χ1) is 11.9. The van der Waals surface area contributed by atoms with E-state index in [1.165, 1.54) is 61.1 Å². The van der Waals surface area contributed by atoms with Crippen LogP contribution in [0.3, 0.4) is 0 Å². The zero-order valence-electron chi connectivity index (χ0n) is 16.1. The molecule has 0 amide bonds. The average Bonchev–Trinajstić information content (AvgIpc) is 2.56. The Morgan fingerprint density at radius 3 is 1.88 bits per heavy atom. The van der Waals surface area contributed by atoms with Gasteiger partial charge in [-0.05, 0) is 97.6 Å². The maximum absolute atomic E-state index is 2.48. The highest BCUT2D eigenvalue weighted by atomic mass is 127. The van der Waals surface area contributed by atoms with Crippen molar-refractivity contribution in [1.29, 1.82) is 0 Å². The van der Waals surface area contributed by atoms with Crippen molar-refractivity contribution in [2.75, 3.05) is 0 Å². The van der Waals surface area contributed by atoms with Crippen LogP contribution >= 0.6 is 22.6 Å². The van der Waals surface area contributed by atoms with Crippen molar-refractivity contribution in [2.45, 2.75) is 65.7 Å². The summed E-state index contributed by atoms with van der Waals surface area (Å²) < 4.78 is 1.32. The van der Waals surface area contributed by atoms with Gasteiger partial charge in [0.05, 0.1) is 0 Å². The van der Waals surface area contributed by atoms with Gasteiger partial charge in [0, 0.05) is 3.57 Å². The maximum Gasteiger partial charge on any atom is 0.0136 e. The SMILES string of the molecule is CCCCc1ccc2c(C(C)C)c3cc(I)ccc3c(C(C)C)c2c1. The lowest BCUT2D eigenvalue weighted by atomic mass is 9.83. The van der Waals surface area contributed by atoms with Crippen LogP contribution in [0.5, 0.6) is 0 Å². The molecule has 1 heteroatoms. The zero-order chi connectivity index (χ0) is 18.1. The van der Waals surface area contributed by atoms with Gasteiger partial charge >= 0.3 is 0 Å². The van der Waals surface area contributed by atoms with E-state index in [1.807, 2.05) is 0 Å². The van der Waals surface area contributed by atoms with Gasteiger partial charge in [0.15, 0.2) is 0 Å². The molecule has 132 valence electrons. The molecule has 0 fully saturated rings. The van der Waals surface area contributed by atoms with Crippen LogP contribution in [0.15, 0.2) is 36.4 Å². The lowest BCUT2D eigenvalue weighted by Gasteiger charge is -2.22. The fraction of sp³-hybridized carbons (Fsp3) is 0.417. The van der Waals surface area contributed by atoms with Crippen LogP contribution in [0.4, 0.5) is 0 Å². The van der Waals surface area contributed by atoms with Crippen LogP contribution in [0, 0.1) is 3.57 Å². The highest BCUT2D eigenvalue weighted by molar-refractivity contribution is 14.1. The number of hydrogen-bond donors (Lipinski definition) is 0. The van der Waals surface area contributed by atoms with Crippen LogP contribution in [0.1, 0.15) is 76.0 Å². The van der Waals surface area contributed by atoms with Gasteiger partial charge in [-0.25, -0.2) is 0 Å². The van der Waals surface area contributed by atoms with Crippen LogP contribution < -0.4 is 0 Å². The topological polar surface area (TPSA) is 0 Å². The van der Waals surface area contributed by atoms with Crippen molar-refractivity contribution in [1.82, 2.24) is 0 Å².